The van der Waals surface area contributed by atoms with E-state index in [-0.39, 0.29) is 6.61 Å². The second-order valence-corrected chi connectivity index (χ2v) is 7.18. The first-order valence-electron chi connectivity index (χ1n) is 9.03. The van der Waals surface area contributed by atoms with Crippen LogP contribution in [0.2, 0.25) is 0 Å². The molecule has 0 bridgehead atoms. The van der Waals surface area contributed by atoms with Crippen molar-refractivity contribution in [2.24, 2.45) is 0 Å². The standard InChI is InChI=1S/C22H30O4/c1-15-12-19(25-10-7-11-26-22(4,5)24)13-16(2)21(15)20-9-6-8-18(14-23)17(20)3/h6,8-9,12-13,23-24H,7,10-11,14H2,1-5H3. The molecule has 0 amide bonds. The Morgan fingerprint density at radius 3 is 2.23 bits per heavy atom. The van der Waals surface area contributed by atoms with Crippen LogP contribution in [-0.2, 0) is 11.3 Å². The highest BCUT2D eigenvalue weighted by Gasteiger charge is 2.13. The van der Waals surface area contributed by atoms with Crippen molar-refractivity contribution in [3.05, 3.63) is 52.6 Å². The predicted octanol–water partition coefficient (Wildman–Crippen LogP) is 4.29. The van der Waals surface area contributed by atoms with Crippen molar-refractivity contribution in [2.75, 3.05) is 13.2 Å². The fourth-order valence-corrected chi connectivity index (χ4v) is 3.13. The molecule has 0 heterocycles. The molecule has 2 aromatic carbocycles. The first-order chi connectivity index (χ1) is 12.2. The number of ether oxygens (including phenoxy) is 2. The maximum absolute atomic E-state index is 9.53. The summed E-state index contributed by atoms with van der Waals surface area (Å²) in [7, 11) is 0. The van der Waals surface area contributed by atoms with E-state index >= 15 is 0 Å². The van der Waals surface area contributed by atoms with Crippen molar-refractivity contribution in [1.29, 1.82) is 0 Å². The summed E-state index contributed by atoms with van der Waals surface area (Å²) in [5.41, 5.74) is 6.69. The van der Waals surface area contributed by atoms with E-state index in [9.17, 15) is 10.2 Å². The molecule has 0 aromatic heterocycles. The highest BCUT2D eigenvalue weighted by atomic mass is 16.6. The molecule has 0 aliphatic heterocycles. The molecule has 0 saturated heterocycles. The number of rotatable bonds is 8. The molecule has 4 heteroatoms. The van der Waals surface area contributed by atoms with Crippen molar-refractivity contribution >= 4 is 0 Å². The van der Waals surface area contributed by atoms with Gasteiger partial charge in [-0.15, -0.1) is 0 Å². The van der Waals surface area contributed by atoms with Gasteiger partial charge in [0, 0.05) is 6.42 Å². The van der Waals surface area contributed by atoms with Crippen LogP contribution in [0, 0.1) is 20.8 Å². The fraction of sp³-hybridized carbons (Fsp3) is 0.455. The zero-order valence-electron chi connectivity index (χ0n) is 16.4. The van der Waals surface area contributed by atoms with Crippen LogP contribution in [0.4, 0.5) is 0 Å². The first-order valence-corrected chi connectivity index (χ1v) is 9.03. The summed E-state index contributed by atoms with van der Waals surface area (Å²) in [6, 6.07) is 10.1. The molecule has 142 valence electrons. The lowest BCUT2D eigenvalue weighted by Gasteiger charge is -2.19. The summed E-state index contributed by atoms with van der Waals surface area (Å²) in [4.78, 5) is 0. The van der Waals surface area contributed by atoms with E-state index in [0.717, 1.165) is 33.6 Å². The monoisotopic (exact) mass is 358 g/mol. The summed E-state index contributed by atoms with van der Waals surface area (Å²) in [6.07, 6.45) is 0.710. The van der Waals surface area contributed by atoms with Gasteiger partial charge < -0.3 is 19.7 Å². The quantitative estimate of drug-likeness (QED) is 0.546. The average Bonchev–Trinajstić information content (AvgIpc) is 2.54. The molecule has 0 spiro atoms. The molecule has 2 rings (SSSR count). The van der Waals surface area contributed by atoms with Crippen LogP contribution >= 0.6 is 0 Å². The zero-order chi connectivity index (χ0) is 19.3. The van der Waals surface area contributed by atoms with Gasteiger partial charge in [-0.05, 0) is 80.1 Å². The lowest BCUT2D eigenvalue weighted by atomic mass is 9.90. The molecule has 0 aliphatic carbocycles. The van der Waals surface area contributed by atoms with E-state index in [1.165, 1.54) is 5.56 Å². The predicted molar refractivity (Wildman–Crippen MR) is 104 cm³/mol. The van der Waals surface area contributed by atoms with E-state index in [4.69, 9.17) is 9.47 Å². The summed E-state index contributed by atoms with van der Waals surface area (Å²) >= 11 is 0. The van der Waals surface area contributed by atoms with Crippen molar-refractivity contribution in [2.45, 2.75) is 53.4 Å². The summed E-state index contributed by atoms with van der Waals surface area (Å²) in [5.74, 6) is -0.265. The highest BCUT2D eigenvalue weighted by Crippen LogP contribution is 2.34. The Morgan fingerprint density at radius 1 is 1.00 bits per heavy atom. The summed E-state index contributed by atoms with van der Waals surface area (Å²) in [6.45, 7) is 10.5. The van der Waals surface area contributed by atoms with Crippen LogP contribution in [0.25, 0.3) is 11.1 Å². The Hall–Kier alpha value is -1.88. The first kappa shape index (κ1) is 20.4. The van der Waals surface area contributed by atoms with Crippen LogP contribution in [0.15, 0.2) is 30.3 Å². The Kier molecular flexibility index (Phi) is 6.81. The third-order valence-corrected chi connectivity index (χ3v) is 4.40. The van der Waals surface area contributed by atoms with Crippen LogP contribution < -0.4 is 4.74 Å². The van der Waals surface area contributed by atoms with E-state index < -0.39 is 5.79 Å². The van der Waals surface area contributed by atoms with Gasteiger partial charge in [0.2, 0.25) is 0 Å². The number of aryl methyl sites for hydroxylation is 2. The molecule has 26 heavy (non-hydrogen) atoms. The van der Waals surface area contributed by atoms with Crippen LogP contribution in [0.5, 0.6) is 5.75 Å². The lowest BCUT2D eigenvalue weighted by Crippen LogP contribution is -2.24. The normalized spacial score (nSPS) is 11.7. The maximum Gasteiger partial charge on any atom is 0.159 e. The second-order valence-electron chi connectivity index (χ2n) is 7.18. The third-order valence-electron chi connectivity index (χ3n) is 4.40. The van der Waals surface area contributed by atoms with Crippen LogP contribution in [0.1, 0.15) is 42.5 Å². The van der Waals surface area contributed by atoms with E-state index in [1.807, 2.05) is 31.2 Å². The van der Waals surface area contributed by atoms with Gasteiger partial charge in [-0.1, -0.05) is 18.2 Å². The highest BCUT2D eigenvalue weighted by molar-refractivity contribution is 5.75. The van der Waals surface area contributed by atoms with Crippen molar-refractivity contribution in [3.63, 3.8) is 0 Å². The smallest absolute Gasteiger partial charge is 0.159 e. The van der Waals surface area contributed by atoms with Crippen molar-refractivity contribution in [3.8, 4) is 16.9 Å². The number of hydrogen-bond donors (Lipinski definition) is 2. The zero-order valence-corrected chi connectivity index (χ0v) is 16.4. The van der Waals surface area contributed by atoms with Gasteiger partial charge in [-0.3, -0.25) is 0 Å². The van der Waals surface area contributed by atoms with Crippen molar-refractivity contribution < 1.29 is 19.7 Å². The maximum atomic E-state index is 9.53. The van der Waals surface area contributed by atoms with Gasteiger partial charge in [0.15, 0.2) is 5.79 Å². The molecule has 0 aliphatic rings. The Labute approximate surface area is 156 Å². The minimum absolute atomic E-state index is 0.0473. The minimum atomic E-state index is -1.10. The van der Waals surface area contributed by atoms with Gasteiger partial charge in [0.25, 0.3) is 0 Å². The summed E-state index contributed by atoms with van der Waals surface area (Å²) in [5, 5.41) is 19.0. The lowest BCUT2D eigenvalue weighted by molar-refractivity contribution is -0.176. The third kappa shape index (κ3) is 5.31. The average molecular weight is 358 g/mol. The van der Waals surface area contributed by atoms with Crippen LogP contribution in [0.3, 0.4) is 0 Å². The van der Waals surface area contributed by atoms with Gasteiger partial charge in [-0.25, -0.2) is 0 Å². The molecule has 0 radical (unpaired) electrons. The summed E-state index contributed by atoms with van der Waals surface area (Å²) < 4.78 is 11.1. The Bertz CT molecular complexity index is 721. The SMILES string of the molecule is Cc1cc(OCCCOC(C)(C)O)cc(C)c1-c1cccc(CO)c1C. The van der Waals surface area contributed by atoms with Gasteiger partial charge in [0.1, 0.15) is 5.75 Å². The molecule has 2 N–H and O–H groups in total. The number of hydrogen-bond acceptors (Lipinski definition) is 4. The molecular weight excluding hydrogens is 328 g/mol. The van der Waals surface area contributed by atoms with E-state index in [1.54, 1.807) is 13.8 Å². The Morgan fingerprint density at radius 2 is 1.65 bits per heavy atom. The van der Waals surface area contributed by atoms with Crippen LogP contribution in [-0.4, -0.2) is 29.2 Å². The molecule has 0 atom stereocenters. The van der Waals surface area contributed by atoms with E-state index in [0.29, 0.717) is 19.6 Å². The fourth-order valence-electron chi connectivity index (χ4n) is 3.13. The molecular formula is C22H30O4. The Balaban J connectivity index is 2.11. The second kappa shape index (κ2) is 8.67. The molecule has 2 aromatic rings. The number of aliphatic hydroxyl groups is 2. The number of aliphatic hydroxyl groups excluding tert-OH is 1. The van der Waals surface area contributed by atoms with Gasteiger partial charge in [0.05, 0.1) is 19.8 Å². The number of benzene rings is 2. The largest absolute Gasteiger partial charge is 0.493 e. The molecule has 0 unspecified atom stereocenters. The molecule has 0 fully saturated rings. The van der Waals surface area contributed by atoms with Gasteiger partial charge in [-0.2, -0.15) is 0 Å². The van der Waals surface area contributed by atoms with Gasteiger partial charge >= 0.3 is 0 Å². The van der Waals surface area contributed by atoms with Crippen molar-refractivity contribution in [1.82, 2.24) is 0 Å². The molecule has 0 saturated carbocycles. The minimum Gasteiger partial charge on any atom is -0.493 e. The topological polar surface area (TPSA) is 58.9 Å². The molecule has 4 nitrogen and oxygen atoms in total. The van der Waals surface area contributed by atoms with E-state index in [2.05, 4.69) is 19.9 Å².